The lowest BCUT2D eigenvalue weighted by Crippen LogP contribution is -2.30. The fourth-order valence-electron chi connectivity index (χ4n) is 6.10. The summed E-state index contributed by atoms with van der Waals surface area (Å²) in [6.45, 7) is 2.56. The van der Waals surface area contributed by atoms with Crippen molar-refractivity contribution in [2.24, 2.45) is 17.8 Å². The number of ether oxygens (including phenoxy) is 2. The fourth-order valence-corrected chi connectivity index (χ4v) is 6.10. The molecule has 2 aliphatic rings. The first-order valence-corrected chi connectivity index (χ1v) is 13.8. The summed E-state index contributed by atoms with van der Waals surface area (Å²) in [5.41, 5.74) is -4.52. The van der Waals surface area contributed by atoms with E-state index in [9.17, 15) is 39.5 Å². The Balaban J connectivity index is 1.38. The highest BCUT2D eigenvalue weighted by Crippen LogP contribution is 2.43. The van der Waals surface area contributed by atoms with Crippen LogP contribution in [0.5, 0.6) is 11.5 Å². The second-order valence-electron chi connectivity index (χ2n) is 11.1. The van der Waals surface area contributed by atoms with Gasteiger partial charge in [0.15, 0.2) is 0 Å². The van der Waals surface area contributed by atoms with Crippen LogP contribution in [0.2, 0.25) is 0 Å². The molecule has 0 spiro atoms. The molecule has 3 aromatic rings. The number of fused-ring (bicyclic) bond motifs is 1. The van der Waals surface area contributed by atoms with Crippen LogP contribution in [0.25, 0.3) is 11.1 Å². The highest BCUT2D eigenvalue weighted by atomic mass is 19.4. The molecule has 0 amide bonds. The molecule has 1 aliphatic carbocycles. The van der Waals surface area contributed by atoms with E-state index >= 15 is 4.39 Å². The lowest BCUT2D eigenvalue weighted by Gasteiger charge is -2.36. The quantitative estimate of drug-likeness (QED) is 0.256. The van der Waals surface area contributed by atoms with E-state index < -0.39 is 63.8 Å². The van der Waals surface area contributed by atoms with Gasteiger partial charge in [0.05, 0.1) is 6.61 Å². The number of benzene rings is 3. The maximum Gasteiger partial charge on any atom is 0.432 e. The molecule has 0 radical (unpaired) electrons. The van der Waals surface area contributed by atoms with Crippen LogP contribution in [0.3, 0.4) is 0 Å². The van der Waals surface area contributed by atoms with E-state index in [-0.39, 0.29) is 23.6 Å². The minimum Gasteiger partial charge on any atom is -0.493 e. The van der Waals surface area contributed by atoms with Crippen molar-refractivity contribution in [2.45, 2.75) is 57.7 Å². The van der Waals surface area contributed by atoms with Gasteiger partial charge in [-0.25, -0.2) is 22.0 Å². The van der Waals surface area contributed by atoms with Gasteiger partial charge in [-0.3, -0.25) is 0 Å². The van der Waals surface area contributed by atoms with E-state index in [4.69, 9.17) is 4.74 Å². The molecule has 0 aromatic heterocycles. The van der Waals surface area contributed by atoms with Crippen LogP contribution in [0.4, 0.5) is 43.9 Å². The second-order valence-corrected chi connectivity index (χ2v) is 11.1. The summed E-state index contributed by atoms with van der Waals surface area (Å²) in [4.78, 5) is 0. The normalized spacial score (nSPS) is 20.9. The van der Waals surface area contributed by atoms with Crippen LogP contribution in [0.15, 0.2) is 36.4 Å². The van der Waals surface area contributed by atoms with Crippen LogP contribution in [-0.2, 0) is 18.7 Å². The number of hydrogen-bond acceptors (Lipinski definition) is 2. The van der Waals surface area contributed by atoms with Gasteiger partial charge in [-0.05, 0) is 72.4 Å². The first-order chi connectivity index (χ1) is 20.2. The summed E-state index contributed by atoms with van der Waals surface area (Å²) < 4.78 is 150. The maximum atomic E-state index is 15.2. The lowest BCUT2D eigenvalue weighted by atomic mass is 9.73. The van der Waals surface area contributed by atoms with E-state index in [1.54, 1.807) is 0 Å². The Morgan fingerprint density at radius 3 is 1.86 bits per heavy atom. The molecule has 0 saturated heterocycles. The van der Waals surface area contributed by atoms with Gasteiger partial charge < -0.3 is 9.47 Å². The maximum absolute atomic E-state index is 15.2. The first-order valence-electron chi connectivity index (χ1n) is 13.8. The van der Waals surface area contributed by atoms with Crippen LogP contribution in [0, 0.1) is 46.8 Å². The SMILES string of the molecule is CCC1CCC(C2COc3cc(-c4cc(F)c(C(F)(F)Oc5cc(F)c(C(F)(F)F)c(F)c5)c(F)c4)c(F)cc3C2)CC1. The molecule has 3 aromatic carbocycles. The van der Waals surface area contributed by atoms with Gasteiger partial charge in [0.1, 0.15) is 51.7 Å². The predicted octanol–water partition coefficient (Wildman–Crippen LogP) is 9.96. The molecule has 2 nitrogen and oxygen atoms in total. The molecule has 1 atom stereocenters. The van der Waals surface area contributed by atoms with Gasteiger partial charge in [0.2, 0.25) is 0 Å². The molecule has 0 N–H and O–H groups in total. The van der Waals surface area contributed by atoms with Crippen LogP contribution in [-0.4, -0.2) is 6.61 Å². The van der Waals surface area contributed by atoms with Crippen molar-refractivity contribution < 1.29 is 53.4 Å². The minimum atomic E-state index is -5.48. The highest BCUT2D eigenvalue weighted by Gasteiger charge is 2.43. The van der Waals surface area contributed by atoms with E-state index in [2.05, 4.69) is 11.7 Å². The molecule has 1 saturated carbocycles. The fraction of sp³-hybridized carbons (Fsp3) is 0.419. The van der Waals surface area contributed by atoms with Crippen molar-refractivity contribution in [3.8, 4) is 22.6 Å². The Bertz CT molecular complexity index is 1460. The molecule has 43 heavy (non-hydrogen) atoms. The summed E-state index contributed by atoms with van der Waals surface area (Å²) in [6, 6.07) is 2.91. The van der Waals surface area contributed by atoms with Crippen molar-refractivity contribution in [1.82, 2.24) is 0 Å². The van der Waals surface area contributed by atoms with Gasteiger partial charge in [0.25, 0.3) is 0 Å². The predicted molar refractivity (Wildman–Crippen MR) is 136 cm³/mol. The molecule has 1 fully saturated rings. The summed E-state index contributed by atoms with van der Waals surface area (Å²) in [5, 5.41) is 0. The standard InChI is InChI=1S/C31H26F10O2/c1-2-15-3-5-16(6-4-15)19-7-18-10-22(32)21(13-27(18)42-14-19)17-8-23(33)29(24(34)9-17)31(40,41)43-20-11-25(35)28(26(36)12-20)30(37,38)39/h8-13,15-16,19H,2-7,14H2,1H3. The van der Waals surface area contributed by atoms with E-state index in [0.29, 0.717) is 48.3 Å². The Hall–Kier alpha value is -3.44. The zero-order valence-corrected chi connectivity index (χ0v) is 22.7. The third kappa shape index (κ3) is 6.28. The molecule has 1 unspecified atom stereocenters. The summed E-state index contributed by atoms with van der Waals surface area (Å²) in [6.07, 6.45) is -4.32. The Morgan fingerprint density at radius 1 is 0.721 bits per heavy atom. The molecule has 0 bridgehead atoms. The van der Waals surface area contributed by atoms with E-state index in [0.717, 1.165) is 32.1 Å². The molecular formula is C31H26F10O2. The summed E-state index contributed by atoms with van der Waals surface area (Å²) in [5.74, 6) is -8.99. The monoisotopic (exact) mass is 620 g/mol. The summed E-state index contributed by atoms with van der Waals surface area (Å²) >= 11 is 0. The van der Waals surface area contributed by atoms with Crippen molar-refractivity contribution in [1.29, 1.82) is 0 Å². The van der Waals surface area contributed by atoms with Gasteiger partial charge in [-0.2, -0.15) is 22.0 Å². The number of alkyl halides is 5. The minimum absolute atomic E-state index is 0.187. The van der Waals surface area contributed by atoms with E-state index in [1.807, 2.05) is 0 Å². The summed E-state index contributed by atoms with van der Waals surface area (Å²) in [7, 11) is 0. The number of hydrogen-bond donors (Lipinski definition) is 0. The Labute approximate surface area is 240 Å². The van der Waals surface area contributed by atoms with E-state index in [1.165, 1.54) is 12.1 Å². The third-order valence-electron chi connectivity index (χ3n) is 8.41. The van der Waals surface area contributed by atoms with Crippen LogP contribution < -0.4 is 9.47 Å². The average molecular weight is 621 g/mol. The molecule has 1 heterocycles. The van der Waals surface area contributed by atoms with Crippen LogP contribution in [0.1, 0.15) is 55.7 Å². The Kier molecular flexibility index (Phi) is 8.34. The molecule has 12 heteroatoms. The molecular weight excluding hydrogens is 594 g/mol. The van der Waals surface area contributed by atoms with Gasteiger partial charge >= 0.3 is 12.3 Å². The topological polar surface area (TPSA) is 18.5 Å². The third-order valence-corrected chi connectivity index (χ3v) is 8.41. The molecule has 232 valence electrons. The number of halogens is 10. The smallest absolute Gasteiger partial charge is 0.432 e. The van der Waals surface area contributed by atoms with Crippen molar-refractivity contribution >= 4 is 0 Å². The van der Waals surface area contributed by atoms with Crippen molar-refractivity contribution in [3.05, 3.63) is 82.2 Å². The zero-order valence-electron chi connectivity index (χ0n) is 22.7. The Morgan fingerprint density at radius 2 is 1.30 bits per heavy atom. The second kappa shape index (κ2) is 11.6. The van der Waals surface area contributed by atoms with Gasteiger partial charge in [-0.15, -0.1) is 0 Å². The van der Waals surface area contributed by atoms with Crippen LogP contribution >= 0.6 is 0 Å². The first kappa shape index (κ1) is 31.0. The largest absolute Gasteiger partial charge is 0.493 e. The highest BCUT2D eigenvalue weighted by molar-refractivity contribution is 5.68. The van der Waals surface area contributed by atoms with Crippen molar-refractivity contribution in [3.63, 3.8) is 0 Å². The van der Waals surface area contributed by atoms with Gasteiger partial charge in [-0.1, -0.05) is 26.2 Å². The zero-order chi connectivity index (χ0) is 31.3. The van der Waals surface area contributed by atoms with Gasteiger partial charge in [0, 0.05) is 17.7 Å². The molecule has 5 rings (SSSR count). The lowest BCUT2D eigenvalue weighted by molar-refractivity contribution is -0.189. The molecule has 1 aliphatic heterocycles. The average Bonchev–Trinajstić information content (AvgIpc) is 2.90. The van der Waals surface area contributed by atoms with Crippen molar-refractivity contribution in [2.75, 3.05) is 6.61 Å². The number of rotatable bonds is 6.